The molecule has 1 fully saturated rings. The number of aromatic nitrogens is 1. The number of likely N-dealkylation sites (tertiary alicyclic amines) is 1. The second-order valence-electron chi connectivity index (χ2n) is 5.15. The molecule has 21 heavy (non-hydrogen) atoms. The van der Waals surface area contributed by atoms with Gasteiger partial charge in [0.1, 0.15) is 11.7 Å². The number of nitrogens with zero attached hydrogens (tertiary/aromatic N) is 3. The van der Waals surface area contributed by atoms with Crippen molar-refractivity contribution in [2.45, 2.75) is 31.7 Å². The first-order valence-electron chi connectivity index (χ1n) is 6.76. The van der Waals surface area contributed by atoms with Crippen molar-refractivity contribution in [1.82, 2.24) is 9.47 Å². The van der Waals surface area contributed by atoms with Gasteiger partial charge in [-0.3, -0.25) is 14.9 Å². The van der Waals surface area contributed by atoms with Gasteiger partial charge in [0, 0.05) is 19.7 Å². The van der Waals surface area contributed by atoms with Crippen molar-refractivity contribution in [1.29, 1.82) is 0 Å². The van der Waals surface area contributed by atoms with Gasteiger partial charge in [0.05, 0.1) is 11.1 Å². The van der Waals surface area contributed by atoms with E-state index in [0.29, 0.717) is 13.0 Å². The molecular formula is C13H17N3O5. The van der Waals surface area contributed by atoms with Crippen LogP contribution in [0.5, 0.6) is 0 Å². The molecule has 114 valence electrons. The van der Waals surface area contributed by atoms with Crippen LogP contribution in [0.4, 0.5) is 5.69 Å². The van der Waals surface area contributed by atoms with Crippen LogP contribution in [0.25, 0.3) is 0 Å². The van der Waals surface area contributed by atoms with E-state index in [1.165, 1.54) is 28.8 Å². The minimum absolute atomic E-state index is 0.134. The molecule has 2 rings (SSSR count). The monoisotopic (exact) mass is 295 g/mol. The second kappa shape index (κ2) is 5.94. The molecule has 0 aromatic carbocycles. The number of amides is 1. The maximum atomic E-state index is 12.5. The lowest BCUT2D eigenvalue weighted by Crippen LogP contribution is -2.45. The number of nitro groups is 1. The normalized spacial score (nSPS) is 19.1. The van der Waals surface area contributed by atoms with Crippen LogP contribution in [-0.2, 0) is 11.8 Å². The summed E-state index contributed by atoms with van der Waals surface area (Å²) in [6.45, 7) is 0.356. The molecule has 0 spiro atoms. The molecule has 0 aliphatic carbocycles. The smallest absolute Gasteiger partial charge is 0.326 e. The summed E-state index contributed by atoms with van der Waals surface area (Å²) in [4.78, 5) is 35.4. The van der Waals surface area contributed by atoms with E-state index in [1.54, 1.807) is 0 Å². The SMILES string of the molecule is Cn1cc([N+](=O)[O-])cc1C(=O)N1CCCCCC1C(=O)O. The summed E-state index contributed by atoms with van der Waals surface area (Å²) in [5.41, 5.74) is -0.0441. The van der Waals surface area contributed by atoms with E-state index in [-0.39, 0.29) is 11.4 Å². The highest BCUT2D eigenvalue weighted by molar-refractivity contribution is 5.96. The maximum absolute atomic E-state index is 12.5. The number of rotatable bonds is 3. The Bertz CT molecular complexity index is 580. The maximum Gasteiger partial charge on any atom is 0.326 e. The number of hydrogen-bond donors (Lipinski definition) is 1. The Hall–Kier alpha value is -2.38. The molecule has 1 aliphatic heterocycles. The molecule has 1 N–H and O–H groups in total. The van der Waals surface area contributed by atoms with Crippen LogP contribution in [0.1, 0.15) is 36.2 Å². The van der Waals surface area contributed by atoms with Crippen molar-refractivity contribution in [3.8, 4) is 0 Å². The quantitative estimate of drug-likeness (QED) is 0.670. The van der Waals surface area contributed by atoms with Crippen LogP contribution in [0.2, 0.25) is 0 Å². The van der Waals surface area contributed by atoms with Crippen LogP contribution in [-0.4, -0.2) is 44.0 Å². The first-order valence-corrected chi connectivity index (χ1v) is 6.76. The van der Waals surface area contributed by atoms with Crippen molar-refractivity contribution in [2.24, 2.45) is 7.05 Å². The number of carboxylic acids is 1. The lowest BCUT2D eigenvalue weighted by atomic mass is 10.1. The lowest BCUT2D eigenvalue weighted by molar-refractivity contribution is -0.384. The van der Waals surface area contributed by atoms with Gasteiger partial charge in [-0.05, 0) is 12.8 Å². The molecule has 1 aliphatic rings. The standard InChI is InChI=1S/C13H17N3O5/c1-14-8-9(16(20)21)7-11(14)12(17)15-6-4-2-3-5-10(15)13(18)19/h7-8,10H,2-6H2,1H3,(H,18,19). The minimum atomic E-state index is -1.03. The highest BCUT2D eigenvalue weighted by Gasteiger charge is 2.33. The van der Waals surface area contributed by atoms with Crippen LogP contribution < -0.4 is 0 Å². The Morgan fingerprint density at radius 2 is 2.10 bits per heavy atom. The molecule has 1 aromatic heterocycles. The number of carbonyl (C=O) groups excluding carboxylic acids is 1. The Balaban J connectivity index is 2.32. The number of carbonyl (C=O) groups is 2. The number of aliphatic carboxylic acids is 1. The highest BCUT2D eigenvalue weighted by atomic mass is 16.6. The lowest BCUT2D eigenvalue weighted by Gasteiger charge is -2.26. The first-order chi connectivity index (χ1) is 9.91. The van der Waals surface area contributed by atoms with E-state index >= 15 is 0 Å². The van der Waals surface area contributed by atoms with Gasteiger partial charge in [0.2, 0.25) is 0 Å². The summed E-state index contributed by atoms with van der Waals surface area (Å²) in [7, 11) is 1.54. The van der Waals surface area contributed by atoms with E-state index in [2.05, 4.69) is 0 Å². The van der Waals surface area contributed by atoms with Crippen molar-refractivity contribution in [3.63, 3.8) is 0 Å². The zero-order valence-electron chi connectivity index (χ0n) is 11.7. The number of aryl methyl sites for hydroxylation is 1. The van der Waals surface area contributed by atoms with Gasteiger partial charge in [-0.15, -0.1) is 0 Å². The third-order valence-corrected chi connectivity index (χ3v) is 3.72. The van der Waals surface area contributed by atoms with Gasteiger partial charge < -0.3 is 14.6 Å². The predicted octanol–water partition coefficient (Wildman–Crippen LogP) is 1.40. The van der Waals surface area contributed by atoms with E-state index in [0.717, 1.165) is 19.3 Å². The molecule has 8 heteroatoms. The molecular weight excluding hydrogens is 278 g/mol. The van der Waals surface area contributed by atoms with Crippen LogP contribution in [0, 0.1) is 10.1 Å². The Kier molecular flexibility index (Phi) is 4.25. The van der Waals surface area contributed by atoms with Gasteiger partial charge >= 0.3 is 5.97 Å². The van der Waals surface area contributed by atoms with Crippen LogP contribution in [0.3, 0.4) is 0 Å². The van der Waals surface area contributed by atoms with E-state index < -0.39 is 22.8 Å². The predicted molar refractivity (Wildman–Crippen MR) is 73.0 cm³/mol. The number of hydrogen-bond acceptors (Lipinski definition) is 4. The summed E-state index contributed by atoms with van der Waals surface area (Å²) in [6, 6.07) is 0.320. The average molecular weight is 295 g/mol. The largest absolute Gasteiger partial charge is 0.480 e. The second-order valence-corrected chi connectivity index (χ2v) is 5.15. The van der Waals surface area contributed by atoms with Crippen molar-refractivity contribution >= 4 is 17.6 Å². The van der Waals surface area contributed by atoms with Crippen molar-refractivity contribution < 1.29 is 19.6 Å². The van der Waals surface area contributed by atoms with Gasteiger partial charge in [-0.1, -0.05) is 12.8 Å². The minimum Gasteiger partial charge on any atom is -0.480 e. The van der Waals surface area contributed by atoms with E-state index in [1.807, 2.05) is 0 Å². The molecule has 1 atom stereocenters. The Morgan fingerprint density at radius 1 is 1.38 bits per heavy atom. The zero-order chi connectivity index (χ0) is 15.6. The summed E-state index contributed by atoms with van der Waals surface area (Å²) >= 11 is 0. The molecule has 2 heterocycles. The van der Waals surface area contributed by atoms with E-state index in [9.17, 15) is 24.8 Å². The van der Waals surface area contributed by atoms with Crippen molar-refractivity contribution in [3.05, 3.63) is 28.1 Å². The molecule has 8 nitrogen and oxygen atoms in total. The Morgan fingerprint density at radius 3 is 2.67 bits per heavy atom. The molecule has 1 aromatic rings. The van der Waals surface area contributed by atoms with Gasteiger partial charge in [0.15, 0.2) is 0 Å². The van der Waals surface area contributed by atoms with Crippen LogP contribution in [0.15, 0.2) is 12.3 Å². The number of carboxylic acid groups (broad SMARTS) is 1. The van der Waals surface area contributed by atoms with E-state index in [4.69, 9.17) is 0 Å². The summed E-state index contributed by atoms with van der Waals surface area (Å²) in [5, 5.41) is 20.0. The van der Waals surface area contributed by atoms with Gasteiger partial charge in [-0.25, -0.2) is 4.79 Å². The molecule has 1 unspecified atom stereocenters. The summed E-state index contributed by atoms with van der Waals surface area (Å²) in [6.07, 6.45) is 4.03. The molecule has 1 amide bonds. The third-order valence-electron chi connectivity index (χ3n) is 3.72. The molecule has 1 saturated heterocycles. The summed E-state index contributed by atoms with van der Waals surface area (Å²) in [5.74, 6) is -1.51. The Labute approximate surface area is 121 Å². The summed E-state index contributed by atoms with van der Waals surface area (Å²) < 4.78 is 1.37. The third kappa shape index (κ3) is 3.04. The average Bonchev–Trinajstić information content (AvgIpc) is 2.66. The van der Waals surface area contributed by atoms with Gasteiger partial charge in [-0.2, -0.15) is 0 Å². The van der Waals surface area contributed by atoms with Crippen LogP contribution >= 0.6 is 0 Å². The van der Waals surface area contributed by atoms with Gasteiger partial charge in [0.25, 0.3) is 11.6 Å². The highest BCUT2D eigenvalue weighted by Crippen LogP contribution is 2.22. The fraction of sp³-hybridized carbons (Fsp3) is 0.538. The zero-order valence-corrected chi connectivity index (χ0v) is 11.7. The first kappa shape index (κ1) is 15.0. The molecule has 0 bridgehead atoms. The molecule has 0 radical (unpaired) electrons. The fourth-order valence-corrected chi connectivity index (χ4v) is 2.61. The topological polar surface area (TPSA) is 106 Å². The van der Waals surface area contributed by atoms with Crippen molar-refractivity contribution in [2.75, 3.05) is 6.54 Å². The molecule has 0 saturated carbocycles. The fourth-order valence-electron chi connectivity index (χ4n) is 2.61.